The van der Waals surface area contributed by atoms with Crippen LogP contribution in [0.4, 0.5) is 0 Å². The molecule has 0 spiro atoms. The highest BCUT2D eigenvalue weighted by molar-refractivity contribution is 5.06. The Labute approximate surface area is 66.8 Å². The molecule has 0 amide bonds. The van der Waals surface area contributed by atoms with Crippen LogP contribution in [-0.4, -0.2) is 18.6 Å². The normalized spacial score (nSPS) is 10.4. The number of hydrogen-bond acceptors (Lipinski definition) is 3. The molecule has 0 bridgehead atoms. The Hall–Kier alpha value is -0.830. The molecule has 1 aromatic heterocycles. The summed E-state index contributed by atoms with van der Waals surface area (Å²) in [4.78, 5) is 4.09. The van der Waals surface area contributed by atoms with Gasteiger partial charge in [0.05, 0.1) is 5.69 Å². The number of nitrogens with zero attached hydrogens (tertiary/aromatic N) is 1. The summed E-state index contributed by atoms with van der Waals surface area (Å²) in [6.45, 7) is 3.03. The molecule has 3 heteroatoms. The van der Waals surface area contributed by atoms with E-state index in [0.29, 0.717) is 0 Å². The second kappa shape index (κ2) is 4.13. The number of likely N-dealkylation sites (N-methyl/N-ethyl adjacent to an activating group) is 1. The van der Waals surface area contributed by atoms with Crippen LogP contribution in [-0.2, 0) is 12.8 Å². The van der Waals surface area contributed by atoms with Crippen LogP contribution in [0.3, 0.4) is 0 Å². The molecule has 0 aliphatic carbocycles. The van der Waals surface area contributed by atoms with Crippen LogP contribution >= 0.6 is 0 Å². The second-order valence-corrected chi connectivity index (χ2v) is 2.43. The summed E-state index contributed by atoms with van der Waals surface area (Å²) in [6, 6.07) is 0. The Bertz CT molecular complexity index is 208. The topological polar surface area (TPSA) is 38.1 Å². The van der Waals surface area contributed by atoms with Crippen molar-refractivity contribution in [1.82, 2.24) is 10.3 Å². The van der Waals surface area contributed by atoms with Gasteiger partial charge in [-0.2, -0.15) is 0 Å². The lowest BCUT2D eigenvalue weighted by atomic mass is 10.2. The Balaban J connectivity index is 2.54. The molecule has 0 aliphatic rings. The van der Waals surface area contributed by atoms with Crippen molar-refractivity contribution in [3.05, 3.63) is 17.8 Å². The molecule has 1 heterocycles. The Morgan fingerprint density at radius 1 is 1.64 bits per heavy atom. The van der Waals surface area contributed by atoms with Gasteiger partial charge in [0.25, 0.3) is 0 Å². The summed E-state index contributed by atoms with van der Waals surface area (Å²) >= 11 is 0. The predicted octanol–water partition coefficient (Wildman–Crippen LogP) is 0.999. The monoisotopic (exact) mass is 154 g/mol. The first kappa shape index (κ1) is 8.27. The van der Waals surface area contributed by atoms with Crippen molar-refractivity contribution < 1.29 is 4.42 Å². The zero-order valence-electron chi connectivity index (χ0n) is 7.05. The van der Waals surface area contributed by atoms with E-state index in [0.717, 1.165) is 30.8 Å². The Morgan fingerprint density at radius 3 is 3.09 bits per heavy atom. The van der Waals surface area contributed by atoms with Gasteiger partial charge in [-0.1, -0.05) is 6.92 Å². The quantitative estimate of drug-likeness (QED) is 0.703. The maximum absolute atomic E-state index is 5.21. The van der Waals surface area contributed by atoms with E-state index in [-0.39, 0.29) is 0 Å². The molecule has 1 rings (SSSR count). The summed E-state index contributed by atoms with van der Waals surface area (Å²) in [5.74, 6) is 1.02. The van der Waals surface area contributed by atoms with Crippen molar-refractivity contribution >= 4 is 0 Å². The third-order valence-corrected chi connectivity index (χ3v) is 1.66. The molecule has 11 heavy (non-hydrogen) atoms. The fourth-order valence-electron chi connectivity index (χ4n) is 1.02. The minimum atomic E-state index is 0.930. The molecule has 0 saturated carbocycles. The molecular weight excluding hydrogens is 140 g/mol. The van der Waals surface area contributed by atoms with Crippen LogP contribution in [0, 0.1) is 0 Å². The van der Waals surface area contributed by atoms with Crippen molar-refractivity contribution in [2.45, 2.75) is 19.8 Å². The first-order chi connectivity index (χ1) is 5.38. The minimum Gasteiger partial charge on any atom is -0.448 e. The molecule has 0 aliphatic heterocycles. The van der Waals surface area contributed by atoms with Crippen LogP contribution in [0.5, 0.6) is 0 Å². The highest BCUT2D eigenvalue weighted by Crippen LogP contribution is 2.06. The lowest BCUT2D eigenvalue weighted by Crippen LogP contribution is -2.10. The molecule has 0 aromatic carbocycles. The van der Waals surface area contributed by atoms with Gasteiger partial charge in [0.1, 0.15) is 5.76 Å². The Morgan fingerprint density at radius 2 is 2.45 bits per heavy atom. The molecule has 1 aromatic rings. The molecule has 0 radical (unpaired) electrons. The first-order valence-corrected chi connectivity index (χ1v) is 3.94. The number of aryl methyl sites for hydroxylation is 1. The summed E-state index contributed by atoms with van der Waals surface area (Å²) in [7, 11) is 1.93. The summed E-state index contributed by atoms with van der Waals surface area (Å²) in [6.07, 6.45) is 3.40. The van der Waals surface area contributed by atoms with Crippen molar-refractivity contribution in [3.63, 3.8) is 0 Å². The van der Waals surface area contributed by atoms with Crippen LogP contribution in [0.25, 0.3) is 0 Å². The van der Waals surface area contributed by atoms with E-state index in [1.165, 1.54) is 6.39 Å². The van der Waals surface area contributed by atoms with Gasteiger partial charge in [0.2, 0.25) is 0 Å². The van der Waals surface area contributed by atoms with Gasteiger partial charge in [0.15, 0.2) is 6.39 Å². The third kappa shape index (κ3) is 2.05. The maximum Gasteiger partial charge on any atom is 0.181 e. The highest BCUT2D eigenvalue weighted by Gasteiger charge is 2.03. The van der Waals surface area contributed by atoms with E-state index in [9.17, 15) is 0 Å². The largest absolute Gasteiger partial charge is 0.448 e. The zero-order valence-corrected chi connectivity index (χ0v) is 7.05. The molecule has 62 valence electrons. The Kier molecular flexibility index (Phi) is 3.11. The molecule has 0 saturated heterocycles. The van der Waals surface area contributed by atoms with Gasteiger partial charge in [-0.25, -0.2) is 4.98 Å². The number of rotatable bonds is 4. The number of oxazole rings is 1. The molecule has 0 fully saturated rings. The van der Waals surface area contributed by atoms with Crippen molar-refractivity contribution in [2.24, 2.45) is 0 Å². The smallest absolute Gasteiger partial charge is 0.181 e. The second-order valence-electron chi connectivity index (χ2n) is 2.43. The number of hydrogen-bond donors (Lipinski definition) is 1. The SMILES string of the molecule is CCc1ncoc1CCNC. The zero-order chi connectivity index (χ0) is 8.10. The lowest BCUT2D eigenvalue weighted by Gasteiger charge is -1.96. The molecule has 0 atom stereocenters. The molecule has 1 N–H and O–H groups in total. The molecule has 0 unspecified atom stereocenters. The number of aromatic nitrogens is 1. The molecular formula is C8H14N2O. The number of nitrogens with one attached hydrogen (secondary N) is 1. The fourth-order valence-corrected chi connectivity index (χ4v) is 1.02. The van der Waals surface area contributed by atoms with Gasteiger partial charge in [-0.05, 0) is 13.5 Å². The average molecular weight is 154 g/mol. The molecule has 3 nitrogen and oxygen atoms in total. The van der Waals surface area contributed by atoms with Crippen LogP contribution < -0.4 is 5.32 Å². The van der Waals surface area contributed by atoms with E-state index in [1.54, 1.807) is 0 Å². The van der Waals surface area contributed by atoms with Gasteiger partial charge in [-0.3, -0.25) is 0 Å². The summed E-state index contributed by atoms with van der Waals surface area (Å²) < 4.78 is 5.21. The van der Waals surface area contributed by atoms with Gasteiger partial charge in [-0.15, -0.1) is 0 Å². The van der Waals surface area contributed by atoms with Crippen molar-refractivity contribution in [1.29, 1.82) is 0 Å². The van der Waals surface area contributed by atoms with Crippen LogP contribution in [0.15, 0.2) is 10.8 Å². The highest BCUT2D eigenvalue weighted by atomic mass is 16.3. The van der Waals surface area contributed by atoms with E-state index in [1.807, 2.05) is 7.05 Å². The van der Waals surface area contributed by atoms with Gasteiger partial charge < -0.3 is 9.73 Å². The fraction of sp³-hybridized carbons (Fsp3) is 0.625. The van der Waals surface area contributed by atoms with E-state index in [4.69, 9.17) is 4.42 Å². The standard InChI is InChI=1S/C8H14N2O/c1-3-7-8(4-5-9-2)11-6-10-7/h6,9H,3-5H2,1-2H3. The van der Waals surface area contributed by atoms with Crippen molar-refractivity contribution in [3.8, 4) is 0 Å². The summed E-state index contributed by atoms with van der Waals surface area (Å²) in [5.41, 5.74) is 1.08. The maximum atomic E-state index is 5.21. The van der Waals surface area contributed by atoms with E-state index >= 15 is 0 Å². The van der Waals surface area contributed by atoms with Gasteiger partial charge in [0, 0.05) is 13.0 Å². The van der Waals surface area contributed by atoms with Crippen LogP contribution in [0.1, 0.15) is 18.4 Å². The third-order valence-electron chi connectivity index (χ3n) is 1.66. The van der Waals surface area contributed by atoms with Crippen LogP contribution in [0.2, 0.25) is 0 Å². The first-order valence-electron chi connectivity index (χ1n) is 3.94. The lowest BCUT2D eigenvalue weighted by molar-refractivity contribution is 0.496. The van der Waals surface area contributed by atoms with E-state index in [2.05, 4.69) is 17.2 Å². The van der Waals surface area contributed by atoms with Crippen molar-refractivity contribution in [2.75, 3.05) is 13.6 Å². The van der Waals surface area contributed by atoms with Gasteiger partial charge >= 0.3 is 0 Å². The minimum absolute atomic E-state index is 0.930. The average Bonchev–Trinajstić information content (AvgIpc) is 2.47. The van der Waals surface area contributed by atoms with E-state index < -0.39 is 0 Å². The summed E-state index contributed by atoms with van der Waals surface area (Å²) in [5, 5.41) is 3.07. The predicted molar refractivity (Wildman–Crippen MR) is 43.5 cm³/mol.